The van der Waals surface area contributed by atoms with Crippen LogP contribution in [0.25, 0.3) is 5.70 Å². The second-order valence-corrected chi connectivity index (χ2v) is 5.79. The summed E-state index contributed by atoms with van der Waals surface area (Å²) in [6.45, 7) is -0.402. The minimum atomic E-state index is -2.92. The van der Waals surface area contributed by atoms with E-state index in [1.54, 1.807) is 0 Å². The van der Waals surface area contributed by atoms with Gasteiger partial charge in [-0.3, -0.25) is 19.0 Å². The quantitative estimate of drug-likeness (QED) is 0.837. The maximum absolute atomic E-state index is 13.0. The van der Waals surface area contributed by atoms with Gasteiger partial charge >= 0.3 is 6.03 Å². The first-order valence-corrected chi connectivity index (χ1v) is 7.71. The first-order valence-electron chi connectivity index (χ1n) is 7.71. The Morgan fingerprint density at radius 1 is 1.25 bits per heavy atom. The van der Waals surface area contributed by atoms with Gasteiger partial charge in [-0.1, -0.05) is 0 Å². The fraction of sp³-hybridized carbons (Fsp3) is 0.533. The van der Waals surface area contributed by atoms with Crippen LogP contribution in [0.2, 0.25) is 0 Å². The Morgan fingerprint density at radius 3 is 2.54 bits per heavy atom. The number of hydrogen-bond donors (Lipinski definition) is 1. The number of carbonyl (C=O) groups excluding carboxylic acids is 1. The fourth-order valence-electron chi connectivity index (χ4n) is 2.81. The van der Waals surface area contributed by atoms with Crippen molar-refractivity contribution in [3.8, 4) is 0 Å². The van der Waals surface area contributed by atoms with Crippen molar-refractivity contribution in [2.24, 2.45) is 0 Å². The summed E-state index contributed by atoms with van der Waals surface area (Å²) < 4.78 is 38.3. The summed E-state index contributed by atoms with van der Waals surface area (Å²) in [7, 11) is 1.53. The molecule has 1 aliphatic carbocycles. The van der Waals surface area contributed by atoms with Crippen molar-refractivity contribution in [2.75, 3.05) is 25.2 Å². The summed E-state index contributed by atoms with van der Waals surface area (Å²) in [5, 5.41) is 0. The summed E-state index contributed by atoms with van der Waals surface area (Å²) in [5.74, 6) is -0.719. The minimum absolute atomic E-state index is 0.0317. The maximum Gasteiger partial charge on any atom is 0.328 e. The average Bonchev–Trinajstić information content (AvgIpc) is 3.35. The molecule has 0 bridgehead atoms. The minimum Gasteiger partial charge on any atom is -0.304 e. The van der Waals surface area contributed by atoms with Gasteiger partial charge in [0.05, 0.1) is 12.4 Å². The van der Waals surface area contributed by atoms with Crippen molar-refractivity contribution < 1.29 is 18.0 Å². The topological polar surface area (TPSA) is 69.3 Å². The van der Waals surface area contributed by atoms with Crippen molar-refractivity contribution in [3.63, 3.8) is 0 Å². The second kappa shape index (κ2) is 6.29. The highest BCUT2D eigenvalue weighted by molar-refractivity contribution is 6.04. The predicted octanol–water partition coefficient (Wildman–Crippen LogP) is 2.83. The summed E-state index contributed by atoms with van der Waals surface area (Å²) >= 11 is 0. The second-order valence-electron chi connectivity index (χ2n) is 5.79. The standard InChI is InChI=1S/C15H17F3N4O2/c1-21-10(8-4-5-8)9-11(14(23)20-13(19-9)12(17)18)22(15(21)24)7-3-2-6-16/h12H,2-7H2,1H3,(H,19,20,23). The zero-order chi connectivity index (χ0) is 17.4. The number of allylic oxidation sites excluding steroid dienone is 1. The van der Waals surface area contributed by atoms with Crippen LogP contribution in [0.5, 0.6) is 0 Å². The number of unbranched alkanes of at least 4 members (excludes halogenated alkanes) is 1. The Bertz CT molecular complexity index is 754. The lowest BCUT2D eigenvalue weighted by Crippen LogP contribution is -2.48. The molecule has 130 valence electrons. The average molecular weight is 342 g/mol. The largest absolute Gasteiger partial charge is 0.328 e. The number of fused-ring (bicyclic) bond motifs is 1. The molecule has 2 aliphatic rings. The molecule has 0 radical (unpaired) electrons. The molecule has 0 unspecified atom stereocenters. The van der Waals surface area contributed by atoms with Crippen LogP contribution in [0, 0.1) is 0 Å². The molecule has 1 aromatic heterocycles. The molecule has 1 fully saturated rings. The van der Waals surface area contributed by atoms with Gasteiger partial charge in [-0.2, -0.15) is 0 Å². The number of aromatic amines is 1. The van der Waals surface area contributed by atoms with Crippen LogP contribution in [0.4, 0.5) is 23.7 Å². The van der Waals surface area contributed by atoms with Crippen LogP contribution in [0.3, 0.4) is 0 Å². The molecule has 0 spiro atoms. The van der Waals surface area contributed by atoms with Gasteiger partial charge in [0.1, 0.15) is 11.4 Å². The maximum atomic E-state index is 13.0. The van der Waals surface area contributed by atoms with E-state index >= 15 is 0 Å². The third-order valence-corrected chi connectivity index (χ3v) is 4.07. The number of rotatable bonds is 5. The van der Waals surface area contributed by atoms with Crippen molar-refractivity contribution in [1.29, 1.82) is 0 Å². The molecule has 9 heteroatoms. The first-order chi connectivity index (χ1) is 11.5. The Balaban J connectivity index is 2.14. The molecule has 1 N–H and O–H groups in total. The molecule has 1 aliphatic heterocycles. The number of anilines is 1. The van der Waals surface area contributed by atoms with E-state index in [-0.39, 0.29) is 24.3 Å². The van der Waals surface area contributed by atoms with Crippen molar-refractivity contribution in [3.05, 3.63) is 27.4 Å². The Labute approximate surface area is 136 Å². The molecule has 0 saturated heterocycles. The van der Waals surface area contributed by atoms with Gasteiger partial charge in [-0.25, -0.2) is 18.6 Å². The lowest BCUT2D eigenvalue weighted by Gasteiger charge is -2.35. The number of alkyl halides is 3. The normalized spacial score (nSPS) is 17.0. The van der Waals surface area contributed by atoms with E-state index in [0.717, 1.165) is 18.4 Å². The number of halogens is 3. The number of hydrogen-bond acceptors (Lipinski definition) is 3. The lowest BCUT2D eigenvalue weighted by molar-refractivity contribution is 0.140. The molecular weight excluding hydrogens is 325 g/mol. The Hall–Kier alpha value is -2.32. The van der Waals surface area contributed by atoms with E-state index in [0.29, 0.717) is 12.1 Å². The molecule has 0 atom stereocenters. The number of nitrogens with zero attached hydrogens (tertiary/aromatic N) is 3. The Morgan fingerprint density at radius 2 is 1.96 bits per heavy atom. The Kier molecular flexibility index (Phi) is 4.33. The lowest BCUT2D eigenvalue weighted by atomic mass is 10.1. The van der Waals surface area contributed by atoms with Crippen molar-refractivity contribution in [2.45, 2.75) is 32.1 Å². The predicted molar refractivity (Wildman–Crippen MR) is 81.7 cm³/mol. The van der Waals surface area contributed by atoms with Gasteiger partial charge < -0.3 is 4.98 Å². The summed E-state index contributed by atoms with van der Waals surface area (Å²) in [6.07, 6.45) is -0.829. The van der Waals surface area contributed by atoms with Crippen LogP contribution in [0.1, 0.15) is 43.6 Å². The summed E-state index contributed by atoms with van der Waals surface area (Å²) in [5.41, 5.74) is 0.633. The van der Waals surface area contributed by atoms with Gasteiger partial charge in [0.25, 0.3) is 12.0 Å². The van der Waals surface area contributed by atoms with Crippen LogP contribution >= 0.6 is 0 Å². The molecule has 24 heavy (non-hydrogen) atoms. The molecule has 1 saturated carbocycles. The molecule has 6 nitrogen and oxygen atoms in total. The van der Waals surface area contributed by atoms with Crippen LogP contribution in [0.15, 0.2) is 10.4 Å². The van der Waals surface area contributed by atoms with E-state index in [2.05, 4.69) is 4.98 Å². The number of carbonyl (C=O) groups is 1. The molecule has 3 rings (SSSR count). The molecule has 2 amide bonds. The monoisotopic (exact) mass is 342 g/mol. The van der Waals surface area contributed by atoms with E-state index in [4.69, 9.17) is 0 Å². The smallest absolute Gasteiger partial charge is 0.304 e. The molecule has 1 aromatic rings. The zero-order valence-corrected chi connectivity index (χ0v) is 13.1. The van der Waals surface area contributed by atoms with E-state index in [9.17, 15) is 22.8 Å². The number of H-pyrrole nitrogens is 1. The van der Waals surface area contributed by atoms with Crippen LogP contribution in [-0.4, -0.2) is 41.2 Å². The highest BCUT2D eigenvalue weighted by atomic mass is 19.3. The number of urea groups is 1. The highest BCUT2D eigenvalue weighted by Crippen LogP contribution is 2.42. The number of amides is 2. The SMILES string of the molecule is CN1C(=O)N(CCCCF)c2c(nc(C(F)F)[nH]c2=O)C1=C1CC1. The molecular formula is C15H17F3N4O2. The van der Waals surface area contributed by atoms with Crippen molar-refractivity contribution >= 4 is 17.4 Å². The van der Waals surface area contributed by atoms with Gasteiger partial charge in [0.15, 0.2) is 5.82 Å². The first kappa shape index (κ1) is 16.5. The van der Waals surface area contributed by atoms with Gasteiger partial charge in [-0.15, -0.1) is 0 Å². The van der Waals surface area contributed by atoms with Gasteiger partial charge in [0.2, 0.25) is 0 Å². The van der Waals surface area contributed by atoms with Gasteiger partial charge in [-0.05, 0) is 31.3 Å². The van der Waals surface area contributed by atoms with E-state index in [1.807, 2.05) is 4.98 Å². The summed E-state index contributed by atoms with van der Waals surface area (Å²) in [6, 6.07) is -0.437. The highest BCUT2D eigenvalue weighted by Gasteiger charge is 2.39. The third kappa shape index (κ3) is 2.78. The zero-order valence-electron chi connectivity index (χ0n) is 13.1. The van der Waals surface area contributed by atoms with Crippen LogP contribution in [-0.2, 0) is 0 Å². The molecule has 2 heterocycles. The van der Waals surface area contributed by atoms with E-state index in [1.165, 1.54) is 16.8 Å². The summed E-state index contributed by atoms with van der Waals surface area (Å²) in [4.78, 5) is 33.4. The fourth-order valence-corrected chi connectivity index (χ4v) is 2.81. The number of nitrogens with one attached hydrogen (secondary N) is 1. The third-order valence-electron chi connectivity index (χ3n) is 4.07. The van der Waals surface area contributed by atoms with Crippen LogP contribution < -0.4 is 10.5 Å². The van der Waals surface area contributed by atoms with Crippen molar-refractivity contribution in [1.82, 2.24) is 14.9 Å². The molecule has 0 aromatic carbocycles. The van der Waals surface area contributed by atoms with E-state index < -0.39 is 30.5 Å². The number of aromatic nitrogens is 2. The van der Waals surface area contributed by atoms with Gasteiger partial charge in [0, 0.05) is 13.6 Å².